The third-order valence-corrected chi connectivity index (χ3v) is 6.93. The molecule has 1 saturated heterocycles. The molecule has 1 aliphatic rings. The standard InChI is InChI=1S/C31H42N2O9/c1-19(2)17-39-28-20(3)42-31(36)25(9-7-8-23(28)16-22-10-12-24(37-5)13-11-22)33-30(35)27-29(41-18-40-21(4)34)26(38-6)14-15-32-27/h10-15,19-20,23,25,28H,7-9,16-18H2,1-6H3,(H,33,35)/t20-,23+,25-,28-/m0/s1. The largest absolute Gasteiger partial charge is 0.497 e. The molecule has 1 N–H and O–H groups in total. The lowest BCUT2D eigenvalue weighted by Crippen LogP contribution is -2.45. The highest BCUT2D eigenvalue weighted by atomic mass is 16.7. The van der Waals surface area contributed by atoms with Crippen molar-refractivity contribution >= 4 is 17.8 Å². The zero-order valence-corrected chi connectivity index (χ0v) is 25.2. The van der Waals surface area contributed by atoms with E-state index in [1.807, 2.05) is 31.2 Å². The zero-order valence-electron chi connectivity index (χ0n) is 25.2. The monoisotopic (exact) mass is 586 g/mol. The van der Waals surface area contributed by atoms with Crippen molar-refractivity contribution in [2.24, 2.45) is 11.8 Å². The van der Waals surface area contributed by atoms with Gasteiger partial charge in [0.25, 0.3) is 5.91 Å². The lowest BCUT2D eigenvalue weighted by atomic mass is 9.86. The molecule has 4 atom stereocenters. The minimum absolute atomic E-state index is 0.00902. The van der Waals surface area contributed by atoms with Gasteiger partial charge in [0.1, 0.15) is 17.9 Å². The molecule has 0 aliphatic carbocycles. The Labute approximate surface area is 247 Å². The summed E-state index contributed by atoms with van der Waals surface area (Å²) in [7, 11) is 3.04. The lowest BCUT2D eigenvalue weighted by molar-refractivity contribution is -0.161. The number of amides is 1. The summed E-state index contributed by atoms with van der Waals surface area (Å²) in [6, 6.07) is 8.52. The lowest BCUT2D eigenvalue weighted by Gasteiger charge is -2.32. The smallest absolute Gasteiger partial charge is 0.329 e. The van der Waals surface area contributed by atoms with E-state index < -0.39 is 36.8 Å². The van der Waals surface area contributed by atoms with E-state index in [4.69, 9.17) is 28.4 Å². The van der Waals surface area contributed by atoms with Gasteiger partial charge in [-0.05, 0) is 55.7 Å². The van der Waals surface area contributed by atoms with Gasteiger partial charge in [0.15, 0.2) is 17.2 Å². The van der Waals surface area contributed by atoms with Gasteiger partial charge >= 0.3 is 11.9 Å². The molecule has 1 aromatic carbocycles. The molecule has 2 aromatic rings. The van der Waals surface area contributed by atoms with Crippen LogP contribution in [0.1, 0.15) is 63.0 Å². The van der Waals surface area contributed by atoms with Crippen LogP contribution in [0.5, 0.6) is 17.2 Å². The van der Waals surface area contributed by atoms with Gasteiger partial charge in [0.05, 0.1) is 20.3 Å². The van der Waals surface area contributed by atoms with Crippen molar-refractivity contribution in [3.8, 4) is 17.2 Å². The number of methoxy groups -OCH3 is 2. The first-order valence-corrected chi connectivity index (χ1v) is 14.2. The summed E-state index contributed by atoms with van der Waals surface area (Å²) < 4.78 is 33.2. The predicted molar refractivity (Wildman–Crippen MR) is 153 cm³/mol. The van der Waals surface area contributed by atoms with Crippen molar-refractivity contribution in [3.05, 3.63) is 47.8 Å². The fourth-order valence-corrected chi connectivity index (χ4v) is 4.86. The summed E-state index contributed by atoms with van der Waals surface area (Å²) >= 11 is 0. The average Bonchev–Trinajstić information content (AvgIpc) is 3.00. The number of nitrogens with zero attached hydrogens (tertiary/aromatic N) is 1. The van der Waals surface area contributed by atoms with E-state index >= 15 is 0 Å². The highest BCUT2D eigenvalue weighted by molar-refractivity contribution is 5.98. The Morgan fingerprint density at radius 3 is 2.48 bits per heavy atom. The number of carbonyl (C=O) groups is 3. The fourth-order valence-electron chi connectivity index (χ4n) is 4.86. The zero-order chi connectivity index (χ0) is 30.6. The maximum atomic E-state index is 13.4. The van der Waals surface area contributed by atoms with Crippen LogP contribution < -0.4 is 19.5 Å². The molecule has 0 spiro atoms. The maximum Gasteiger partial charge on any atom is 0.329 e. The van der Waals surface area contributed by atoms with Crippen LogP contribution in [0.15, 0.2) is 36.5 Å². The van der Waals surface area contributed by atoms with E-state index in [0.717, 1.165) is 24.2 Å². The van der Waals surface area contributed by atoms with Crippen molar-refractivity contribution in [2.75, 3.05) is 27.6 Å². The summed E-state index contributed by atoms with van der Waals surface area (Å²) in [5.41, 5.74) is 1.02. The Kier molecular flexibility index (Phi) is 12.4. The van der Waals surface area contributed by atoms with Crippen LogP contribution in [-0.2, 0) is 30.2 Å². The van der Waals surface area contributed by atoms with Gasteiger partial charge in [-0.2, -0.15) is 0 Å². The molecule has 1 fully saturated rings. The summed E-state index contributed by atoms with van der Waals surface area (Å²) in [6.07, 6.45) is 3.02. The molecule has 3 rings (SSSR count). The number of pyridine rings is 1. The van der Waals surface area contributed by atoms with E-state index in [1.165, 1.54) is 26.3 Å². The Bertz CT molecular complexity index is 1190. The van der Waals surface area contributed by atoms with Crippen LogP contribution in [0.3, 0.4) is 0 Å². The van der Waals surface area contributed by atoms with Gasteiger partial charge < -0.3 is 33.7 Å². The summed E-state index contributed by atoms with van der Waals surface area (Å²) in [5, 5.41) is 2.76. The van der Waals surface area contributed by atoms with Crippen LogP contribution in [0.2, 0.25) is 0 Å². The van der Waals surface area contributed by atoms with Crippen molar-refractivity contribution in [2.45, 2.75) is 71.6 Å². The van der Waals surface area contributed by atoms with Crippen LogP contribution in [0.25, 0.3) is 0 Å². The molecule has 0 saturated carbocycles. The van der Waals surface area contributed by atoms with Gasteiger partial charge in [-0.1, -0.05) is 32.4 Å². The Morgan fingerprint density at radius 1 is 1.10 bits per heavy atom. The second-order valence-corrected chi connectivity index (χ2v) is 10.7. The van der Waals surface area contributed by atoms with Crippen LogP contribution >= 0.6 is 0 Å². The quantitative estimate of drug-likeness (QED) is 0.286. The predicted octanol–water partition coefficient (Wildman–Crippen LogP) is 4.11. The Morgan fingerprint density at radius 2 is 1.83 bits per heavy atom. The minimum atomic E-state index is -0.917. The van der Waals surface area contributed by atoms with Gasteiger partial charge in [-0.3, -0.25) is 9.59 Å². The first-order valence-electron chi connectivity index (χ1n) is 14.2. The number of ether oxygens (including phenoxy) is 6. The molecule has 0 bridgehead atoms. The van der Waals surface area contributed by atoms with E-state index in [-0.39, 0.29) is 29.2 Å². The van der Waals surface area contributed by atoms with Crippen molar-refractivity contribution in [3.63, 3.8) is 0 Å². The number of esters is 2. The molecule has 1 aliphatic heterocycles. The molecule has 0 unspecified atom stereocenters. The third-order valence-electron chi connectivity index (χ3n) is 6.93. The van der Waals surface area contributed by atoms with Crippen molar-refractivity contribution in [1.29, 1.82) is 0 Å². The third kappa shape index (κ3) is 9.34. The van der Waals surface area contributed by atoms with Gasteiger partial charge in [-0.15, -0.1) is 0 Å². The van der Waals surface area contributed by atoms with Crippen LogP contribution in [0, 0.1) is 11.8 Å². The van der Waals surface area contributed by atoms with Crippen molar-refractivity contribution < 1.29 is 42.8 Å². The molecule has 0 radical (unpaired) electrons. The molecular formula is C31H42N2O9. The van der Waals surface area contributed by atoms with Crippen LogP contribution in [-0.4, -0.2) is 68.7 Å². The first kappa shape index (κ1) is 32.7. The number of cyclic esters (lactones) is 1. The van der Waals surface area contributed by atoms with E-state index in [0.29, 0.717) is 25.4 Å². The molecular weight excluding hydrogens is 544 g/mol. The molecule has 230 valence electrons. The SMILES string of the molecule is COc1ccc(C[C@H]2CCC[C@H](NC(=O)c3nccc(OC)c3OCOC(C)=O)C(=O)O[C@@H](C)[C@@H]2OCC(C)C)cc1. The Hall–Kier alpha value is -3.86. The fraction of sp³-hybridized carbons (Fsp3) is 0.548. The van der Waals surface area contributed by atoms with E-state index in [9.17, 15) is 14.4 Å². The van der Waals surface area contributed by atoms with Gasteiger partial charge in [0, 0.05) is 25.8 Å². The first-order chi connectivity index (χ1) is 20.1. The van der Waals surface area contributed by atoms with Crippen molar-refractivity contribution in [1.82, 2.24) is 10.3 Å². The number of nitrogens with one attached hydrogen (secondary N) is 1. The number of rotatable bonds is 12. The second kappa shape index (κ2) is 16.0. The number of hydrogen-bond donors (Lipinski definition) is 1. The number of carbonyl (C=O) groups excluding carboxylic acids is 3. The second-order valence-electron chi connectivity index (χ2n) is 10.7. The molecule has 11 heteroatoms. The number of benzene rings is 1. The van der Waals surface area contributed by atoms with E-state index in [2.05, 4.69) is 24.1 Å². The van der Waals surface area contributed by atoms with Crippen LogP contribution in [0.4, 0.5) is 0 Å². The molecule has 1 amide bonds. The minimum Gasteiger partial charge on any atom is -0.497 e. The van der Waals surface area contributed by atoms with E-state index in [1.54, 1.807) is 7.11 Å². The molecule has 1 aromatic heterocycles. The highest BCUT2D eigenvalue weighted by Crippen LogP contribution is 2.31. The molecule has 2 heterocycles. The molecule has 42 heavy (non-hydrogen) atoms. The average molecular weight is 587 g/mol. The number of aromatic nitrogens is 1. The maximum absolute atomic E-state index is 13.4. The highest BCUT2D eigenvalue weighted by Gasteiger charge is 2.35. The normalized spacial score (nSPS) is 20.9. The summed E-state index contributed by atoms with van der Waals surface area (Å²) in [5.74, 6) is -0.367. The topological polar surface area (TPSA) is 132 Å². The summed E-state index contributed by atoms with van der Waals surface area (Å²) in [6.45, 7) is 7.32. The number of hydrogen-bond acceptors (Lipinski definition) is 10. The molecule has 11 nitrogen and oxygen atoms in total. The summed E-state index contributed by atoms with van der Waals surface area (Å²) in [4.78, 5) is 42.0. The van der Waals surface area contributed by atoms with Gasteiger partial charge in [0.2, 0.25) is 6.79 Å². The van der Waals surface area contributed by atoms with Gasteiger partial charge in [-0.25, -0.2) is 9.78 Å². The Balaban J connectivity index is 1.79.